The maximum atomic E-state index is 12.6. The van der Waals surface area contributed by atoms with Crippen molar-refractivity contribution in [1.82, 2.24) is 5.32 Å². The lowest BCUT2D eigenvalue weighted by Crippen LogP contribution is -2.33. The Kier molecular flexibility index (Phi) is 8.93. The van der Waals surface area contributed by atoms with Crippen molar-refractivity contribution in [1.29, 1.82) is 0 Å². The SMILES string of the molecule is Cc1c(Cl)cccc1N(CCCC(=O)Nc1ccccc1C(=O)NCC1CCCO1)S(C)(=O)=O. The van der Waals surface area contributed by atoms with E-state index in [4.69, 9.17) is 16.3 Å². The molecule has 0 radical (unpaired) electrons. The molecule has 1 saturated heterocycles. The zero-order valence-corrected chi connectivity index (χ0v) is 20.9. The average molecular weight is 508 g/mol. The molecule has 34 heavy (non-hydrogen) atoms. The van der Waals surface area contributed by atoms with Crippen LogP contribution in [-0.4, -0.2) is 52.3 Å². The van der Waals surface area contributed by atoms with E-state index >= 15 is 0 Å². The molecule has 3 rings (SSSR count). The molecule has 1 fully saturated rings. The molecule has 1 heterocycles. The molecule has 0 saturated carbocycles. The predicted molar refractivity (Wildman–Crippen MR) is 134 cm³/mol. The van der Waals surface area contributed by atoms with Gasteiger partial charge in [0.25, 0.3) is 5.91 Å². The molecule has 0 aromatic heterocycles. The van der Waals surface area contributed by atoms with Crippen LogP contribution in [-0.2, 0) is 19.6 Å². The largest absolute Gasteiger partial charge is 0.376 e. The number of anilines is 2. The Morgan fingerprint density at radius 2 is 1.94 bits per heavy atom. The van der Waals surface area contributed by atoms with E-state index < -0.39 is 10.0 Å². The first-order chi connectivity index (χ1) is 16.2. The zero-order chi connectivity index (χ0) is 24.7. The number of carbonyl (C=O) groups excluding carboxylic acids is 2. The van der Waals surface area contributed by atoms with Gasteiger partial charge in [-0.3, -0.25) is 13.9 Å². The number of sulfonamides is 1. The summed E-state index contributed by atoms with van der Waals surface area (Å²) >= 11 is 6.16. The molecule has 0 spiro atoms. The normalized spacial score (nSPS) is 15.7. The van der Waals surface area contributed by atoms with Crippen molar-refractivity contribution < 1.29 is 22.7 Å². The first-order valence-electron chi connectivity index (χ1n) is 11.2. The first-order valence-corrected chi connectivity index (χ1v) is 13.4. The predicted octanol–water partition coefficient (Wildman–Crippen LogP) is 3.74. The second kappa shape index (κ2) is 11.7. The minimum atomic E-state index is -3.57. The number of hydrogen-bond donors (Lipinski definition) is 2. The number of benzene rings is 2. The van der Waals surface area contributed by atoms with Crippen LogP contribution in [0.15, 0.2) is 42.5 Å². The molecule has 0 bridgehead atoms. The van der Waals surface area contributed by atoms with Crippen molar-refractivity contribution in [3.05, 3.63) is 58.6 Å². The molecule has 2 N–H and O–H groups in total. The molecule has 0 aliphatic carbocycles. The summed E-state index contributed by atoms with van der Waals surface area (Å²) in [5.41, 5.74) is 1.91. The average Bonchev–Trinajstić information content (AvgIpc) is 3.31. The topological polar surface area (TPSA) is 105 Å². The Bertz CT molecular complexity index is 1130. The van der Waals surface area contributed by atoms with Crippen LogP contribution in [0, 0.1) is 6.92 Å². The molecule has 1 unspecified atom stereocenters. The summed E-state index contributed by atoms with van der Waals surface area (Å²) in [5, 5.41) is 6.10. The summed E-state index contributed by atoms with van der Waals surface area (Å²) in [5.74, 6) is -0.596. The van der Waals surface area contributed by atoms with Gasteiger partial charge in [0.2, 0.25) is 15.9 Å². The number of rotatable bonds is 10. The third-order valence-corrected chi connectivity index (χ3v) is 7.22. The zero-order valence-electron chi connectivity index (χ0n) is 19.3. The molecule has 1 atom stereocenters. The lowest BCUT2D eigenvalue weighted by molar-refractivity contribution is -0.116. The van der Waals surface area contributed by atoms with Crippen LogP contribution < -0.4 is 14.9 Å². The van der Waals surface area contributed by atoms with E-state index in [1.54, 1.807) is 49.4 Å². The minimum Gasteiger partial charge on any atom is -0.376 e. The van der Waals surface area contributed by atoms with Crippen molar-refractivity contribution in [3.63, 3.8) is 0 Å². The van der Waals surface area contributed by atoms with E-state index in [9.17, 15) is 18.0 Å². The highest BCUT2D eigenvalue weighted by Crippen LogP contribution is 2.28. The molecule has 1 aliphatic heterocycles. The van der Waals surface area contributed by atoms with Gasteiger partial charge in [0.15, 0.2) is 0 Å². The molecule has 8 nitrogen and oxygen atoms in total. The Labute approximate surface area is 205 Å². The monoisotopic (exact) mass is 507 g/mol. The fourth-order valence-electron chi connectivity index (χ4n) is 3.82. The molecule has 2 aromatic carbocycles. The van der Waals surface area contributed by atoms with Gasteiger partial charge in [-0.1, -0.05) is 29.8 Å². The number of halogens is 1. The third kappa shape index (κ3) is 6.94. The van der Waals surface area contributed by atoms with Crippen LogP contribution in [0.4, 0.5) is 11.4 Å². The molecule has 1 aliphatic rings. The molecule has 2 aromatic rings. The van der Waals surface area contributed by atoms with Gasteiger partial charge < -0.3 is 15.4 Å². The number of ether oxygens (including phenoxy) is 1. The Balaban J connectivity index is 1.59. The van der Waals surface area contributed by atoms with Crippen LogP contribution in [0.25, 0.3) is 0 Å². The van der Waals surface area contributed by atoms with Crippen LogP contribution in [0.3, 0.4) is 0 Å². The van der Waals surface area contributed by atoms with Gasteiger partial charge in [-0.25, -0.2) is 8.42 Å². The quantitative estimate of drug-likeness (QED) is 0.509. The van der Waals surface area contributed by atoms with Gasteiger partial charge in [-0.15, -0.1) is 0 Å². The van der Waals surface area contributed by atoms with Gasteiger partial charge in [-0.05, 0) is 56.0 Å². The lowest BCUT2D eigenvalue weighted by atomic mass is 10.1. The van der Waals surface area contributed by atoms with E-state index in [2.05, 4.69) is 10.6 Å². The van der Waals surface area contributed by atoms with Crippen LogP contribution in [0.2, 0.25) is 5.02 Å². The van der Waals surface area contributed by atoms with E-state index in [-0.39, 0.29) is 37.3 Å². The van der Waals surface area contributed by atoms with Crippen LogP contribution >= 0.6 is 11.6 Å². The van der Waals surface area contributed by atoms with Gasteiger partial charge in [0, 0.05) is 31.1 Å². The van der Waals surface area contributed by atoms with E-state index in [1.807, 2.05) is 0 Å². The summed E-state index contributed by atoms with van der Waals surface area (Å²) in [6.07, 6.45) is 3.42. The molecule has 184 valence electrons. The number of hydrogen-bond acceptors (Lipinski definition) is 5. The highest BCUT2D eigenvalue weighted by molar-refractivity contribution is 7.92. The Morgan fingerprint density at radius 3 is 2.65 bits per heavy atom. The third-order valence-electron chi connectivity index (χ3n) is 5.63. The number of para-hydroxylation sites is 1. The lowest BCUT2D eigenvalue weighted by Gasteiger charge is -2.24. The van der Waals surface area contributed by atoms with Gasteiger partial charge in [0.05, 0.1) is 29.3 Å². The van der Waals surface area contributed by atoms with Gasteiger partial charge in [0.1, 0.15) is 0 Å². The molecule has 2 amide bonds. The van der Waals surface area contributed by atoms with Crippen molar-refractivity contribution >= 4 is 44.8 Å². The summed E-state index contributed by atoms with van der Waals surface area (Å²) in [6.45, 7) is 3.01. The second-order valence-corrected chi connectivity index (χ2v) is 10.6. The smallest absolute Gasteiger partial charge is 0.253 e. The summed E-state index contributed by atoms with van der Waals surface area (Å²) in [6, 6.07) is 11.9. The van der Waals surface area contributed by atoms with Crippen LogP contribution in [0.5, 0.6) is 0 Å². The van der Waals surface area contributed by atoms with Gasteiger partial charge in [-0.2, -0.15) is 0 Å². The summed E-state index contributed by atoms with van der Waals surface area (Å²) in [7, 11) is -3.57. The maximum absolute atomic E-state index is 12.6. The van der Waals surface area contributed by atoms with Crippen molar-refractivity contribution in [3.8, 4) is 0 Å². The van der Waals surface area contributed by atoms with E-state index in [0.29, 0.717) is 40.7 Å². The number of amides is 2. The maximum Gasteiger partial charge on any atom is 0.253 e. The van der Waals surface area contributed by atoms with Crippen molar-refractivity contribution in [2.75, 3.05) is 35.6 Å². The minimum absolute atomic E-state index is 0.0200. The first kappa shape index (κ1) is 26.0. The van der Waals surface area contributed by atoms with E-state index in [1.165, 1.54) is 4.31 Å². The van der Waals surface area contributed by atoms with Gasteiger partial charge >= 0.3 is 0 Å². The number of nitrogens with one attached hydrogen (secondary N) is 2. The molecule has 10 heteroatoms. The number of nitrogens with zero attached hydrogens (tertiary/aromatic N) is 1. The van der Waals surface area contributed by atoms with Crippen LogP contribution in [0.1, 0.15) is 41.6 Å². The molecular formula is C24H30ClN3O5S. The molecular weight excluding hydrogens is 478 g/mol. The summed E-state index contributed by atoms with van der Waals surface area (Å²) < 4.78 is 31.5. The Hall–Kier alpha value is -2.62. The fourth-order valence-corrected chi connectivity index (χ4v) is 5.01. The fraction of sp³-hybridized carbons (Fsp3) is 0.417. The van der Waals surface area contributed by atoms with Crippen molar-refractivity contribution in [2.45, 2.75) is 38.7 Å². The number of carbonyl (C=O) groups is 2. The van der Waals surface area contributed by atoms with E-state index in [0.717, 1.165) is 19.1 Å². The van der Waals surface area contributed by atoms with Crippen molar-refractivity contribution in [2.24, 2.45) is 0 Å². The highest BCUT2D eigenvalue weighted by Gasteiger charge is 2.21. The standard InChI is InChI=1S/C24H30ClN3O5S/c1-17-20(25)10-5-12-22(17)28(34(2,31)32)14-6-13-23(29)27-21-11-4-3-9-19(21)24(30)26-16-18-8-7-15-33-18/h3-5,9-12,18H,6-8,13-16H2,1-2H3,(H,26,30)(H,27,29). The highest BCUT2D eigenvalue weighted by atomic mass is 35.5. The second-order valence-electron chi connectivity index (χ2n) is 8.26. The summed E-state index contributed by atoms with van der Waals surface area (Å²) in [4.78, 5) is 25.2. The Morgan fingerprint density at radius 1 is 1.18 bits per heavy atom.